The number of benzene rings is 1. The summed E-state index contributed by atoms with van der Waals surface area (Å²) in [5, 5.41) is 3.02. The molecule has 1 N–H and O–H groups in total. The van der Waals surface area contributed by atoms with Crippen molar-refractivity contribution >= 4 is 5.97 Å². The van der Waals surface area contributed by atoms with Gasteiger partial charge in [0.1, 0.15) is 0 Å². The van der Waals surface area contributed by atoms with Gasteiger partial charge in [0.25, 0.3) is 0 Å². The Bertz CT molecular complexity index is 452. The Balaban J connectivity index is 2.41. The van der Waals surface area contributed by atoms with Crippen LogP contribution in [0.25, 0.3) is 0 Å². The van der Waals surface area contributed by atoms with Gasteiger partial charge >= 0.3 is 5.97 Å². The Hall–Kier alpha value is -1.62. The molecule has 0 aliphatic heterocycles. The Labute approximate surface area is 132 Å². The Morgan fingerprint density at radius 3 is 2.64 bits per heavy atom. The van der Waals surface area contributed by atoms with Crippen molar-refractivity contribution in [3.63, 3.8) is 0 Å². The zero-order valence-corrected chi connectivity index (χ0v) is 13.5. The van der Waals surface area contributed by atoms with Crippen LogP contribution in [0, 0.1) is 5.82 Å². The second-order valence-electron chi connectivity index (χ2n) is 5.15. The molecule has 0 bridgehead atoms. The fourth-order valence-electron chi connectivity index (χ4n) is 1.93. The largest absolute Gasteiger partial charge is 0.491 e. The highest BCUT2D eigenvalue weighted by Gasteiger charge is 2.11. The van der Waals surface area contributed by atoms with E-state index in [1.807, 2.05) is 7.05 Å². The number of halogens is 1. The predicted molar refractivity (Wildman–Crippen MR) is 84.9 cm³/mol. The maximum atomic E-state index is 13.9. The van der Waals surface area contributed by atoms with Crippen molar-refractivity contribution in [2.24, 2.45) is 0 Å². The van der Waals surface area contributed by atoms with Gasteiger partial charge in [-0.25, -0.2) is 9.18 Å². The van der Waals surface area contributed by atoms with Gasteiger partial charge in [0.05, 0.1) is 18.8 Å². The molecular formula is C17H26FNO3. The normalized spacial score (nSPS) is 10.5. The summed E-state index contributed by atoms with van der Waals surface area (Å²) in [6.45, 7) is 3.81. The molecule has 1 aromatic rings. The molecule has 0 radical (unpaired) electrons. The van der Waals surface area contributed by atoms with Gasteiger partial charge in [-0.1, -0.05) is 19.8 Å². The molecule has 0 saturated heterocycles. The number of carbonyl (C=O) groups excluding carboxylic acids is 1. The van der Waals surface area contributed by atoms with Gasteiger partial charge in [0.2, 0.25) is 0 Å². The molecule has 0 spiro atoms. The second kappa shape index (κ2) is 11.0. The number of nitrogens with one attached hydrogen (secondary N) is 1. The van der Waals surface area contributed by atoms with Gasteiger partial charge in [-0.3, -0.25) is 0 Å². The van der Waals surface area contributed by atoms with Crippen LogP contribution in [0.3, 0.4) is 0 Å². The van der Waals surface area contributed by atoms with Crippen LogP contribution < -0.4 is 10.1 Å². The molecule has 0 amide bonds. The highest BCUT2D eigenvalue weighted by molar-refractivity contribution is 5.89. The number of ether oxygens (including phenoxy) is 2. The topological polar surface area (TPSA) is 47.6 Å². The quantitative estimate of drug-likeness (QED) is 0.501. The lowest BCUT2D eigenvalue weighted by Crippen LogP contribution is -2.11. The maximum absolute atomic E-state index is 13.9. The van der Waals surface area contributed by atoms with Gasteiger partial charge < -0.3 is 14.8 Å². The predicted octanol–water partition coefficient (Wildman–Crippen LogP) is 3.55. The molecule has 0 atom stereocenters. The van der Waals surface area contributed by atoms with Crippen molar-refractivity contribution in [3.8, 4) is 5.75 Å². The van der Waals surface area contributed by atoms with Crippen molar-refractivity contribution < 1.29 is 18.7 Å². The highest BCUT2D eigenvalue weighted by atomic mass is 19.1. The van der Waals surface area contributed by atoms with Crippen molar-refractivity contribution in [2.45, 2.75) is 39.0 Å². The molecule has 0 aromatic heterocycles. The number of esters is 1. The first-order chi connectivity index (χ1) is 10.7. The van der Waals surface area contributed by atoms with Gasteiger partial charge in [-0.2, -0.15) is 0 Å². The minimum Gasteiger partial charge on any atom is -0.491 e. The van der Waals surface area contributed by atoms with E-state index in [0.717, 1.165) is 38.6 Å². The zero-order valence-electron chi connectivity index (χ0n) is 13.5. The Morgan fingerprint density at radius 1 is 1.18 bits per heavy atom. The van der Waals surface area contributed by atoms with Crippen LogP contribution in [-0.4, -0.2) is 32.8 Å². The number of rotatable bonds is 11. The summed E-state index contributed by atoms with van der Waals surface area (Å²) < 4.78 is 24.3. The molecule has 4 nitrogen and oxygen atoms in total. The summed E-state index contributed by atoms with van der Waals surface area (Å²) in [4.78, 5) is 11.8. The van der Waals surface area contributed by atoms with Crippen LogP contribution in [0.5, 0.6) is 5.75 Å². The van der Waals surface area contributed by atoms with E-state index in [4.69, 9.17) is 9.47 Å². The molecule has 1 aromatic carbocycles. The van der Waals surface area contributed by atoms with Gasteiger partial charge in [-0.15, -0.1) is 0 Å². The molecular weight excluding hydrogens is 285 g/mol. The third-order valence-electron chi connectivity index (χ3n) is 3.23. The highest BCUT2D eigenvalue weighted by Crippen LogP contribution is 2.19. The smallest absolute Gasteiger partial charge is 0.338 e. The summed E-state index contributed by atoms with van der Waals surface area (Å²) in [5.74, 6) is -0.844. The molecule has 0 unspecified atom stereocenters. The average Bonchev–Trinajstić information content (AvgIpc) is 2.52. The van der Waals surface area contributed by atoms with E-state index in [9.17, 15) is 9.18 Å². The van der Waals surface area contributed by atoms with Crippen LogP contribution in [0.15, 0.2) is 18.2 Å². The fraction of sp³-hybridized carbons (Fsp3) is 0.588. The molecule has 0 fully saturated rings. The third-order valence-corrected chi connectivity index (χ3v) is 3.23. The molecule has 5 heteroatoms. The van der Waals surface area contributed by atoms with Crippen molar-refractivity contribution in [1.82, 2.24) is 5.32 Å². The monoisotopic (exact) mass is 311 g/mol. The first-order valence-electron chi connectivity index (χ1n) is 7.93. The van der Waals surface area contributed by atoms with Crippen LogP contribution in [0.1, 0.15) is 49.4 Å². The Morgan fingerprint density at radius 2 is 1.95 bits per heavy atom. The number of carbonyl (C=O) groups is 1. The molecule has 1 rings (SSSR count). The standard InChI is InChI=1S/C17H26FNO3/c1-3-4-6-11-21-16-9-8-14(13-15(16)18)17(20)22-12-7-5-10-19-2/h8-9,13,19H,3-7,10-12H2,1-2H3. The van der Waals surface area contributed by atoms with Gasteiger partial charge in [-0.05, 0) is 51.1 Å². The molecule has 0 heterocycles. The maximum Gasteiger partial charge on any atom is 0.338 e. The van der Waals surface area contributed by atoms with Crippen molar-refractivity contribution in [3.05, 3.63) is 29.6 Å². The summed E-state index contributed by atoms with van der Waals surface area (Å²) in [7, 11) is 1.88. The summed E-state index contributed by atoms with van der Waals surface area (Å²) in [5.41, 5.74) is 0.215. The van der Waals surface area contributed by atoms with E-state index in [0.29, 0.717) is 13.2 Å². The summed E-state index contributed by atoms with van der Waals surface area (Å²) >= 11 is 0. The molecule has 0 aliphatic rings. The van der Waals surface area contributed by atoms with E-state index in [2.05, 4.69) is 12.2 Å². The van der Waals surface area contributed by atoms with Gasteiger partial charge in [0.15, 0.2) is 11.6 Å². The molecule has 22 heavy (non-hydrogen) atoms. The van der Waals surface area contributed by atoms with E-state index in [1.54, 1.807) is 0 Å². The number of hydrogen-bond donors (Lipinski definition) is 1. The number of hydrogen-bond acceptors (Lipinski definition) is 4. The van der Waals surface area contributed by atoms with Gasteiger partial charge in [0, 0.05) is 0 Å². The molecule has 124 valence electrons. The van der Waals surface area contributed by atoms with Crippen LogP contribution in [-0.2, 0) is 4.74 Å². The third kappa shape index (κ3) is 6.89. The fourth-order valence-corrected chi connectivity index (χ4v) is 1.93. The van der Waals surface area contributed by atoms with E-state index in [-0.39, 0.29) is 11.3 Å². The van der Waals surface area contributed by atoms with E-state index in [1.165, 1.54) is 18.2 Å². The summed E-state index contributed by atoms with van der Waals surface area (Å²) in [6, 6.07) is 4.19. The van der Waals surface area contributed by atoms with E-state index < -0.39 is 11.8 Å². The Kier molecular flexibility index (Phi) is 9.23. The lowest BCUT2D eigenvalue weighted by Gasteiger charge is -2.09. The first-order valence-corrected chi connectivity index (χ1v) is 7.93. The summed E-state index contributed by atoms with van der Waals surface area (Å²) in [6.07, 6.45) is 4.76. The van der Waals surface area contributed by atoms with Crippen LogP contribution in [0.2, 0.25) is 0 Å². The van der Waals surface area contributed by atoms with Crippen molar-refractivity contribution in [2.75, 3.05) is 26.8 Å². The minimum absolute atomic E-state index is 0.182. The van der Waals surface area contributed by atoms with E-state index >= 15 is 0 Å². The van der Waals surface area contributed by atoms with Crippen molar-refractivity contribution in [1.29, 1.82) is 0 Å². The first kappa shape index (κ1) is 18.4. The number of unbranched alkanes of at least 4 members (excludes halogenated alkanes) is 3. The zero-order chi connectivity index (χ0) is 16.2. The molecule has 0 saturated carbocycles. The lowest BCUT2D eigenvalue weighted by molar-refractivity contribution is 0.0498. The average molecular weight is 311 g/mol. The second-order valence-corrected chi connectivity index (χ2v) is 5.15. The minimum atomic E-state index is -0.527. The van der Waals surface area contributed by atoms with Crippen LogP contribution >= 0.6 is 0 Å². The molecule has 0 aliphatic carbocycles. The SMILES string of the molecule is CCCCCOc1ccc(C(=O)OCCCCNC)cc1F. The lowest BCUT2D eigenvalue weighted by atomic mass is 10.2. The van der Waals surface area contributed by atoms with Crippen LogP contribution in [0.4, 0.5) is 4.39 Å².